The van der Waals surface area contributed by atoms with Gasteiger partial charge in [-0.15, -0.1) is 0 Å². The molecule has 1 aromatic heterocycles. The minimum absolute atomic E-state index is 0.273. The van der Waals surface area contributed by atoms with E-state index in [1.165, 1.54) is 18.4 Å². The molecule has 10 heteroatoms. The van der Waals surface area contributed by atoms with Gasteiger partial charge >= 0.3 is 5.69 Å². The first-order valence-electron chi connectivity index (χ1n) is 8.44. The van der Waals surface area contributed by atoms with E-state index in [-0.39, 0.29) is 18.0 Å². The van der Waals surface area contributed by atoms with Crippen LogP contribution in [0.15, 0.2) is 44.9 Å². The zero-order valence-electron chi connectivity index (χ0n) is 15.1. The van der Waals surface area contributed by atoms with Gasteiger partial charge in [0.25, 0.3) is 5.56 Å². The van der Waals surface area contributed by atoms with Crippen LogP contribution in [0.3, 0.4) is 0 Å². The third-order valence-corrected chi connectivity index (χ3v) is 6.78. The normalized spacial score (nSPS) is 16.6. The van der Waals surface area contributed by atoms with Crippen LogP contribution in [-0.2, 0) is 30.7 Å². The topological polar surface area (TPSA) is 84.6 Å². The van der Waals surface area contributed by atoms with Gasteiger partial charge in [0.15, 0.2) is 4.90 Å². The Balaban J connectivity index is 1.76. The number of rotatable bonds is 4. The molecule has 27 heavy (non-hydrogen) atoms. The Morgan fingerprint density at radius 1 is 1.07 bits per heavy atom. The molecule has 0 saturated carbocycles. The maximum Gasteiger partial charge on any atom is 0.330 e. The van der Waals surface area contributed by atoms with Crippen molar-refractivity contribution < 1.29 is 8.42 Å². The summed E-state index contributed by atoms with van der Waals surface area (Å²) >= 11 is 6.00. The van der Waals surface area contributed by atoms with Crippen molar-refractivity contribution in [3.05, 3.63) is 61.9 Å². The summed E-state index contributed by atoms with van der Waals surface area (Å²) in [5.74, 6) is 0. The van der Waals surface area contributed by atoms with Crippen LogP contribution in [0.25, 0.3) is 0 Å². The molecule has 0 amide bonds. The van der Waals surface area contributed by atoms with Gasteiger partial charge in [-0.05, 0) is 17.7 Å². The zero-order chi connectivity index (χ0) is 19.8. The third-order valence-electron chi connectivity index (χ3n) is 4.66. The van der Waals surface area contributed by atoms with Crippen LogP contribution < -0.4 is 11.2 Å². The van der Waals surface area contributed by atoms with Crippen LogP contribution in [-0.4, -0.2) is 52.9 Å². The molecule has 1 fully saturated rings. The second kappa shape index (κ2) is 7.59. The first kappa shape index (κ1) is 19.8. The van der Waals surface area contributed by atoms with Gasteiger partial charge in [0.05, 0.1) is 0 Å². The molecular formula is C17H21ClN4O4S. The number of piperazine rings is 1. The van der Waals surface area contributed by atoms with Crippen molar-refractivity contribution in [2.45, 2.75) is 11.4 Å². The molecule has 0 unspecified atom stereocenters. The molecule has 0 aliphatic carbocycles. The third kappa shape index (κ3) is 4.01. The van der Waals surface area contributed by atoms with E-state index in [1.54, 1.807) is 0 Å². The number of sulfonamides is 1. The minimum Gasteiger partial charge on any atom is -0.302 e. The maximum absolute atomic E-state index is 12.9. The molecule has 0 radical (unpaired) electrons. The first-order valence-corrected chi connectivity index (χ1v) is 10.3. The Kier molecular flexibility index (Phi) is 5.57. The molecule has 1 saturated heterocycles. The largest absolute Gasteiger partial charge is 0.330 e. The molecule has 1 aromatic carbocycles. The standard InChI is InChI=1S/C17H21ClN4O4S/c1-19-12-15(16(23)20(2)17(19)24)27(25,26)22-8-6-21(7-9-22)11-13-4-3-5-14(18)10-13/h3-5,10,12H,6-9,11H2,1-2H3. The van der Waals surface area contributed by atoms with Crippen molar-refractivity contribution in [1.29, 1.82) is 0 Å². The molecule has 1 aliphatic heterocycles. The Hall–Kier alpha value is -1.94. The highest BCUT2D eigenvalue weighted by Crippen LogP contribution is 2.17. The highest BCUT2D eigenvalue weighted by molar-refractivity contribution is 7.89. The predicted octanol–water partition coefficient (Wildman–Crippen LogP) is 0.244. The fourth-order valence-electron chi connectivity index (χ4n) is 3.11. The average molecular weight is 413 g/mol. The Morgan fingerprint density at radius 3 is 2.37 bits per heavy atom. The van der Waals surface area contributed by atoms with E-state index < -0.39 is 21.3 Å². The van der Waals surface area contributed by atoms with Crippen molar-refractivity contribution in [2.75, 3.05) is 26.2 Å². The van der Waals surface area contributed by atoms with Gasteiger partial charge in [-0.2, -0.15) is 4.31 Å². The summed E-state index contributed by atoms with van der Waals surface area (Å²) < 4.78 is 29.0. The van der Waals surface area contributed by atoms with Gasteiger partial charge in [0, 0.05) is 58.0 Å². The lowest BCUT2D eigenvalue weighted by atomic mass is 10.2. The Morgan fingerprint density at radius 2 is 1.74 bits per heavy atom. The smallest absolute Gasteiger partial charge is 0.302 e. The number of nitrogens with zero attached hydrogens (tertiary/aromatic N) is 4. The molecule has 0 bridgehead atoms. The van der Waals surface area contributed by atoms with E-state index in [4.69, 9.17) is 11.6 Å². The van der Waals surface area contributed by atoms with Gasteiger partial charge in [0.2, 0.25) is 10.0 Å². The molecule has 1 aliphatic rings. The second-order valence-electron chi connectivity index (χ2n) is 6.56. The molecule has 0 N–H and O–H groups in total. The molecule has 3 rings (SSSR count). The van der Waals surface area contributed by atoms with Crippen LogP contribution in [0.1, 0.15) is 5.56 Å². The number of benzene rings is 1. The lowest BCUT2D eigenvalue weighted by Gasteiger charge is -2.33. The minimum atomic E-state index is -3.96. The molecule has 2 aromatic rings. The Bertz CT molecular complexity index is 1070. The number of aromatic nitrogens is 2. The van der Waals surface area contributed by atoms with E-state index in [1.807, 2.05) is 24.3 Å². The van der Waals surface area contributed by atoms with Gasteiger partial charge in [-0.1, -0.05) is 23.7 Å². The summed E-state index contributed by atoms with van der Waals surface area (Å²) in [5.41, 5.74) is -0.310. The summed E-state index contributed by atoms with van der Waals surface area (Å²) in [4.78, 5) is 25.8. The average Bonchev–Trinajstić information content (AvgIpc) is 2.63. The van der Waals surface area contributed by atoms with Crippen molar-refractivity contribution in [2.24, 2.45) is 14.1 Å². The fraction of sp³-hybridized carbons (Fsp3) is 0.412. The highest BCUT2D eigenvalue weighted by Gasteiger charge is 2.31. The molecule has 0 spiro atoms. The number of hydrogen-bond donors (Lipinski definition) is 0. The maximum atomic E-state index is 12.9. The van der Waals surface area contributed by atoms with Gasteiger partial charge < -0.3 is 4.57 Å². The fourth-order valence-corrected chi connectivity index (χ4v) is 4.90. The number of hydrogen-bond acceptors (Lipinski definition) is 5. The van der Waals surface area contributed by atoms with E-state index in [2.05, 4.69) is 4.90 Å². The molecule has 146 valence electrons. The van der Waals surface area contributed by atoms with E-state index >= 15 is 0 Å². The summed E-state index contributed by atoms with van der Waals surface area (Å²) in [6.07, 6.45) is 1.10. The highest BCUT2D eigenvalue weighted by atomic mass is 35.5. The first-order chi connectivity index (χ1) is 12.7. The van der Waals surface area contributed by atoms with Gasteiger partial charge in [-0.3, -0.25) is 14.3 Å². The van der Waals surface area contributed by atoms with Crippen LogP contribution in [0.2, 0.25) is 5.02 Å². The van der Waals surface area contributed by atoms with Gasteiger partial charge in [-0.25, -0.2) is 13.2 Å². The van der Waals surface area contributed by atoms with Crippen LogP contribution >= 0.6 is 11.6 Å². The van der Waals surface area contributed by atoms with Crippen molar-refractivity contribution in [3.63, 3.8) is 0 Å². The van der Waals surface area contributed by atoms with E-state index in [0.717, 1.165) is 20.9 Å². The summed E-state index contributed by atoms with van der Waals surface area (Å²) in [6.45, 7) is 2.30. The van der Waals surface area contributed by atoms with Crippen LogP contribution in [0, 0.1) is 0 Å². The number of halogens is 1. The lowest BCUT2D eigenvalue weighted by molar-refractivity contribution is 0.181. The number of aryl methyl sites for hydroxylation is 1. The lowest BCUT2D eigenvalue weighted by Crippen LogP contribution is -2.50. The van der Waals surface area contributed by atoms with Crippen molar-refractivity contribution >= 4 is 21.6 Å². The zero-order valence-corrected chi connectivity index (χ0v) is 16.7. The second-order valence-corrected chi connectivity index (χ2v) is 8.90. The van der Waals surface area contributed by atoms with Crippen molar-refractivity contribution in [3.8, 4) is 0 Å². The predicted molar refractivity (Wildman–Crippen MR) is 102 cm³/mol. The van der Waals surface area contributed by atoms with Crippen molar-refractivity contribution in [1.82, 2.24) is 18.3 Å². The molecule has 0 atom stereocenters. The van der Waals surface area contributed by atoms with E-state index in [9.17, 15) is 18.0 Å². The summed E-state index contributed by atoms with van der Waals surface area (Å²) in [6, 6.07) is 7.55. The molecular weight excluding hydrogens is 392 g/mol. The molecule has 8 nitrogen and oxygen atoms in total. The molecule has 2 heterocycles. The van der Waals surface area contributed by atoms with Crippen LogP contribution in [0.5, 0.6) is 0 Å². The van der Waals surface area contributed by atoms with Gasteiger partial charge in [0.1, 0.15) is 0 Å². The quantitative estimate of drug-likeness (QED) is 0.718. The summed E-state index contributed by atoms with van der Waals surface area (Å²) in [7, 11) is -1.27. The Labute approximate surface area is 162 Å². The summed E-state index contributed by atoms with van der Waals surface area (Å²) in [5, 5.41) is 0.666. The monoisotopic (exact) mass is 412 g/mol. The van der Waals surface area contributed by atoms with Crippen LogP contribution in [0.4, 0.5) is 0 Å². The van der Waals surface area contributed by atoms with E-state index in [0.29, 0.717) is 24.7 Å². The SMILES string of the molecule is Cn1cc(S(=O)(=O)N2CCN(Cc3cccc(Cl)c3)CC2)c(=O)n(C)c1=O.